The number of benzene rings is 1. The van der Waals surface area contributed by atoms with E-state index in [1.54, 1.807) is 4.90 Å². The zero-order chi connectivity index (χ0) is 14.1. The minimum atomic E-state index is -0.853. The molecule has 0 spiro atoms. The summed E-state index contributed by atoms with van der Waals surface area (Å²) in [5, 5.41) is 12.1. The van der Waals surface area contributed by atoms with E-state index >= 15 is 0 Å². The van der Waals surface area contributed by atoms with Gasteiger partial charge in [0.1, 0.15) is 0 Å². The van der Waals surface area contributed by atoms with Crippen molar-refractivity contribution in [1.29, 1.82) is 0 Å². The standard InChI is InChI=1S/C15H18N2O3/c18-14(19)7-8-17(10-5-6-10)15(20)12-9-16-13-4-2-1-3-11(12)13/h1-4,10,12,16H,5-9H2,(H,18,19). The van der Waals surface area contributed by atoms with Gasteiger partial charge in [-0.2, -0.15) is 0 Å². The maximum atomic E-state index is 12.7. The second-order valence-corrected chi connectivity index (χ2v) is 5.43. The predicted octanol–water partition coefficient (Wildman–Crippen LogP) is 1.66. The molecule has 0 saturated heterocycles. The summed E-state index contributed by atoms with van der Waals surface area (Å²) in [6.07, 6.45) is 2.00. The van der Waals surface area contributed by atoms with E-state index in [4.69, 9.17) is 5.11 Å². The third kappa shape index (κ3) is 2.48. The number of carboxylic acid groups (broad SMARTS) is 1. The van der Waals surface area contributed by atoms with E-state index in [0.29, 0.717) is 13.1 Å². The molecule has 5 heteroatoms. The number of amides is 1. The number of para-hydroxylation sites is 1. The highest BCUT2D eigenvalue weighted by Crippen LogP contribution is 2.35. The molecule has 2 aliphatic rings. The van der Waals surface area contributed by atoms with Crippen molar-refractivity contribution in [2.75, 3.05) is 18.4 Å². The van der Waals surface area contributed by atoms with Crippen LogP contribution in [0.25, 0.3) is 0 Å². The van der Waals surface area contributed by atoms with Crippen molar-refractivity contribution in [2.24, 2.45) is 0 Å². The Bertz CT molecular complexity index is 540. The maximum absolute atomic E-state index is 12.7. The van der Waals surface area contributed by atoms with Crippen molar-refractivity contribution in [3.05, 3.63) is 29.8 Å². The van der Waals surface area contributed by atoms with Gasteiger partial charge < -0.3 is 15.3 Å². The molecule has 1 amide bonds. The van der Waals surface area contributed by atoms with Gasteiger partial charge in [-0.15, -0.1) is 0 Å². The molecule has 1 fully saturated rings. The van der Waals surface area contributed by atoms with E-state index < -0.39 is 5.97 Å². The van der Waals surface area contributed by atoms with Crippen LogP contribution in [0, 0.1) is 0 Å². The van der Waals surface area contributed by atoms with Gasteiger partial charge in [0.15, 0.2) is 0 Å². The van der Waals surface area contributed by atoms with Gasteiger partial charge in [-0.1, -0.05) is 18.2 Å². The van der Waals surface area contributed by atoms with Gasteiger partial charge in [0.2, 0.25) is 5.91 Å². The number of hydrogen-bond acceptors (Lipinski definition) is 3. The van der Waals surface area contributed by atoms with Crippen molar-refractivity contribution < 1.29 is 14.7 Å². The Balaban J connectivity index is 1.75. The average Bonchev–Trinajstić information content (AvgIpc) is 3.17. The van der Waals surface area contributed by atoms with E-state index in [1.165, 1.54) is 0 Å². The SMILES string of the molecule is O=C(O)CCN(C(=O)C1CNc2ccccc21)C1CC1. The zero-order valence-electron chi connectivity index (χ0n) is 11.2. The second kappa shape index (κ2) is 5.15. The molecule has 0 bridgehead atoms. The molecule has 1 unspecified atom stereocenters. The molecule has 1 atom stereocenters. The van der Waals surface area contributed by atoms with E-state index in [0.717, 1.165) is 24.1 Å². The number of aliphatic carboxylic acids is 1. The van der Waals surface area contributed by atoms with Gasteiger partial charge in [0, 0.05) is 24.8 Å². The highest BCUT2D eigenvalue weighted by atomic mass is 16.4. The molecule has 106 valence electrons. The van der Waals surface area contributed by atoms with Crippen LogP contribution >= 0.6 is 0 Å². The zero-order valence-corrected chi connectivity index (χ0v) is 11.2. The molecule has 0 aromatic heterocycles. The van der Waals surface area contributed by atoms with Crippen LogP contribution in [-0.2, 0) is 9.59 Å². The van der Waals surface area contributed by atoms with Crippen LogP contribution in [0.1, 0.15) is 30.7 Å². The van der Waals surface area contributed by atoms with Crippen LogP contribution in [0.4, 0.5) is 5.69 Å². The van der Waals surface area contributed by atoms with Gasteiger partial charge in [-0.3, -0.25) is 9.59 Å². The summed E-state index contributed by atoms with van der Waals surface area (Å²) in [5.41, 5.74) is 2.04. The third-order valence-corrected chi connectivity index (χ3v) is 3.97. The van der Waals surface area contributed by atoms with Crippen molar-refractivity contribution in [2.45, 2.75) is 31.2 Å². The smallest absolute Gasteiger partial charge is 0.305 e. The second-order valence-electron chi connectivity index (χ2n) is 5.43. The van der Waals surface area contributed by atoms with Crippen LogP contribution in [0.5, 0.6) is 0 Å². The molecular weight excluding hydrogens is 256 g/mol. The minimum Gasteiger partial charge on any atom is -0.481 e. The average molecular weight is 274 g/mol. The summed E-state index contributed by atoms with van der Waals surface area (Å²) in [6, 6.07) is 8.07. The normalized spacial score (nSPS) is 20.1. The summed E-state index contributed by atoms with van der Waals surface area (Å²) in [7, 11) is 0. The maximum Gasteiger partial charge on any atom is 0.305 e. The Kier molecular flexibility index (Phi) is 3.34. The third-order valence-electron chi connectivity index (χ3n) is 3.97. The topological polar surface area (TPSA) is 69.6 Å². The first-order chi connectivity index (χ1) is 9.66. The molecule has 3 rings (SSSR count). The first kappa shape index (κ1) is 13.0. The van der Waals surface area contributed by atoms with E-state index in [2.05, 4.69) is 5.32 Å². The fourth-order valence-corrected chi connectivity index (χ4v) is 2.78. The number of nitrogens with one attached hydrogen (secondary N) is 1. The predicted molar refractivity (Wildman–Crippen MR) is 74.7 cm³/mol. The van der Waals surface area contributed by atoms with Crippen LogP contribution in [0.15, 0.2) is 24.3 Å². The van der Waals surface area contributed by atoms with Gasteiger partial charge >= 0.3 is 5.97 Å². The minimum absolute atomic E-state index is 0.0179. The van der Waals surface area contributed by atoms with E-state index in [-0.39, 0.29) is 24.3 Å². The molecular formula is C15H18N2O3. The first-order valence-electron chi connectivity index (χ1n) is 7.02. The lowest BCUT2D eigenvalue weighted by Gasteiger charge is -2.25. The Morgan fingerprint density at radius 3 is 2.75 bits per heavy atom. The number of fused-ring (bicyclic) bond motifs is 1. The quantitative estimate of drug-likeness (QED) is 0.856. The number of carboxylic acids is 1. The van der Waals surface area contributed by atoms with E-state index in [9.17, 15) is 9.59 Å². The number of rotatable bonds is 5. The summed E-state index contributed by atoms with van der Waals surface area (Å²) in [6.45, 7) is 0.923. The van der Waals surface area contributed by atoms with Crippen LogP contribution in [-0.4, -0.2) is 41.0 Å². The summed E-state index contributed by atoms with van der Waals surface area (Å²) in [5.74, 6) is -0.972. The van der Waals surface area contributed by atoms with Gasteiger partial charge in [0.25, 0.3) is 0 Å². The fraction of sp³-hybridized carbons (Fsp3) is 0.467. The monoisotopic (exact) mass is 274 g/mol. The molecule has 1 saturated carbocycles. The Labute approximate surface area is 117 Å². The van der Waals surface area contributed by atoms with E-state index in [1.807, 2.05) is 24.3 Å². The molecule has 2 N–H and O–H groups in total. The molecule has 20 heavy (non-hydrogen) atoms. The van der Waals surface area contributed by atoms with Crippen LogP contribution < -0.4 is 5.32 Å². The highest BCUT2D eigenvalue weighted by molar-refractivity contribution is 5.88. The number of nitrogens with zero attached hydrogens (tertiary/aromatic N) is 1. The molecule has 1 heterocycles. The Morgan fingerprint density at radius 2 is 2.05 bits per heavy atom. The summed E-state index contributed by atoms with van der Waals surface area (Å²) < 4.78 is 0. The van der Waals surface area contributed by atoms with Crippen LogP contribution in [0.2, 0.25) is 0 Å². The largest absolute Gasteiger partial charge is 0.481 e. The summed E-state index contributed by atoms with van der Waals surface area (Å²) in [4.78, 5) is 25.2. The first-order valence-corrected chi connectivity index (χ1v) is 7.02. The lowest BCUT2D eigenvalue weighted by atomic mass is 9.99. The summed E-state index contributed by atoms with van der Waals surface area (Å²) >= 11 is 0. The van der Waals surface area contributed by atoms with Crippen molar-refractivity contribution in [3.63, 3.8) is 0 Å². The molecule has 1 aliphatic carbocycles. The fourth-order valence-electron chi connectivity index (χ4n) is 2.78. The van der Waals surface area contributed by atoms with Gasteiger partial charge in [-0.25, -0.2) is 0 Å². The molecule has 1 aliphatic heterocycles. The molecule has 0 radical (unpaired) electrons. The number of anilines is 1. The van der Waals surface area contributed by atoms with Crippen molar-refractivity contribution in [3.8, 4) is 0 Å². The molecule has 1 aromatic rings. The Hall–Kier alpha value is -2.04. The highest BCUT2D eigenvalue weighted by Gasteiger charge is 2.38. The van der Waals surface area contributed by atoms with Crippen molar-refractivity contribution >= 4 is 17.6 Å². The van der Waals surface area contributed by atoms with Crippen LogP contribution in [0.3, 0.4) is 0 Å². The van der Waals surface area contributed by atoms with Gasteiger partial charge in [0.05, 0.1) is 12.3 Å². The lowest BCUT2D eigenvalue weighted by molar-refractivity contribution is -0.139. The number of carbonyl (C=O) groups excluding carboxylic acids is 1. The Morgan fingerprint density at radius 1 is 1.30 bits per heavy atom. The van der Waals surface area contributed by atoms with Gasteiger partial charge in [-0.05, 0) is 24.5 Å². The number of carbonyl (C=O) groups is 2. The molecule has 1 aromatic carbocycles. The molecule has 5 nitrogen and oxygen atoms in total. The number of hydrogen-bond donors (Lipinski definition) is 2. The van der Waals surface area contributed by atoms with Crippen molar-refractivity contribution in [1.82, 2.24) is 4.90 Å². The lowest BCUT2D eigenvalue weighted by Crippen LogP contribution is -2.39.